The Morgan fingerprint density at radius 3 is 2.53 bits per heavy atom. The highest BCUT2D eigenvalue weighted by molar-refractivity contribution is 9.11. The van der Waals surface area contributed by atoms with Crippen LogP contribution in [0.4, 0.5) is 0 Å². The van der Waals surface area contributed by atoms with Crippen LogP contribution >= 0.6 is 27.5 Å². The highest BCUT2D eigenvalue weighted by Gasteiger charge is 2.24. The fourth-order valence-corrected chi connectivity index (χ4v) is 4.53. The maximum atomic E-state index is 12.2. The van der Waals surface area contributed by atoms with E-state index in [-0.39, 0.29) is 4.16 Å². The van der Waals surface area contributed by atoms with Gasteiger partial charge in [-0.1, -0.05) is 51.8 Å². The van der Waals surface area contributed by atoms with E-state index in [2.05, 4.69) is 15.9 Å². The summed E-state index contributed by atoms with van der Waals surface area (Å²) >= 11 is 9.57. The third kappa shape index (κ3) is 1.86. The molecule has 1 heterocycles. The van der Waals surface area contributed by atoms with E-state index < -0.39 is 10.8 Å². The SMILES string of the molecule is O=S1c2cc3ccccc3cc2C(Cl)=CC1Br. The molecule has 4 heteroatoms. The van der Waals surface area contributed by atoms with Crippen LogP contribution in [0.1, 0.15) is 5.56 Å². The summed E-state index contributed by atoms with van der Waals surface area (Å²) in [6, 6.07) is 12.0. The summed E-state index contributed by atoms with van der Waals surface area (Å²) in [7, 11) is -1.08. The molecule has 0 fully saturated rings. The molecule has 17 heavy (non-hydrogen) atoms. The molecule has 0 aromatic heterocycles. The molecule has 0 spiro atoms. The molecule has 0 N–H and O–H groups in total. The summed E-state index contributed by atoms with van der Waals surface area (Å²) in [5, 5.41) is 2.86. The van der Waals surface area contributed by atoms with Gasteiger partial charge in [0, 0.05) is 15.5 Å². The van der Waals surface area contributed by atoms with Crippen molar-refractivity contribution in [3.05, 3.63) is 48.0 Å². The fourth-order valence-electron chi connectivity index (χ4n) is 1.96. The Hall–Kier alpha value is -0.640. The lowest BCUT2D eigenvalue weighted by molar-refractivity contribution is 0.683. The molecule has 2 atom stereocenters. The largest absolute Gasteiger partial charge is 0.253 e. The minimum Gasteiger partial charge on any atom is -0.253 e. The van der Waals surface area contributed by atoms with Crippen molar-refractivity contribution in [2.75, 3.05) is 0 Å². The molecule has 0 radical (unpaired) electrons. The number of alkyl halides is 1. The molecule has 0 saturated heterocycles. The van der Waals surface area contributed by atoms with Crippen LogP contribution in [0.3, 0.4) is 0 Å². The van der Waals surface area contributed by atoms with Gasteiger partial charge in [-0.25, -0.2) is 0 Å². The Balaban J connectivity index is 2.36. The average Bonchev–Trinajstić information content (AvgIpc) is 2.34. The number of halogens is 2. The van der Waals surface area contributed by atoms with Crippen molar-refractivity contribution in [2.24, 2.45) is 0 Å². The van der Waals surface area contributed by atoms with E-state index in [4.69, 9.17) is 11.6 Å². The molecule has 2 unspecified atom stereocenters. The highest BCUT2D eigenvalue weighted by atomic mass is 79.9. The van der Waals surface area contributed by atoms with Crippen LogP contribution in [-0.2, 0) is 10.8 Å². The van der Waals surface area contributed by atoms with Crippen molar-refractivity contribution in [3.8, 4) is 0 Å². The first-order chi connectivity index (χ1) is 8.16. The Bertz CT molecular complexity index is 666. The Kier molecular flexibility index (Phi) is 2.85. The zero-order valence-corrected chi connectivity index (χ0v) is 11.8. The normalized spacial score (nSPS) is 23.3. The minimum atomic E-state index is -1.08. The van der Waals surface area contributed by atoms with Crippen molar-refractivity contribution in [2.45, 2.75) is 9.05 Å². The van der Waals surface area contributed by atoms with E-state index in [0.717, 1.165) is 21.2 Å². The number of hydrogen-bond donors (Lipinski definition) is 0. The van der Waals surface area contributed by atoms with Gasteiger partial charge in [0.1, 0.15) is 4.16 Å². The van der Waals surface area contributed by atoms with Gasteiger partial charge in [0.25, 0.3) is 0 Å². The van der Waals surface area contributed by atoms with Gasteiger partial charge in [0.2, 0.25) is 0 Å². The Labute approximate surface area is 115 Å². The second-order valence-corrected chi connectivity index (χ2v) is 7.40. The summed E-state index contributed by atoms with van der Waals surface area (Å²) < 4.78 is 12.0. The summed E-state index contributed by atoms with van der Waals surface area (Å²) in [5.74, 6) is 0. The molecular formula is C13H8BrClOS. The van der Waals surface area contributed by atoms with Gasteiger partial charge in [-0.05, 0) is 29.0 Å². The summed E-state index contributed by atoms with van der Waals surface area (Å²) in [5.41, 5.74) is 0.874. The molecule has 2 aromatic carbocycles. The van der Waals surface area contributed by atoms with Gasteiger partial charge < -0.3 is 0 Å². The van der Waals surface area contributed by atoms with E-state index in [9.17, 15) is 4.21 Å². The molecule has 86 valence electrons. The third-order valence-corrected chi connectivity index (χ3v) is 5.73. The summed E-state index contributed by atoms with van der Waals surface area (Å²) in [4.78, 5) is 0.804. The minimum absolute atomic E-state index is 0.205. The smallest absolute Gasteiger partial charge is 0.114 e. The fraction of sp³-hybridized carbons (Fsp3) is 0.0769. The molecule has 0 aliphatic carbocycles. The zero-order chi connectivity index (χ0) is 12.0. The Morgan fingerprint density at radius 2 is 1.82 bits per heavy atom. The van der Waals surface area contributed by atoms with Gasteiger partial charge >= 0.3 is 0 Å². The van der Waals surface area contributed by atoms with Crippen molar-refractivity contribution in [3.63, 3.8) is 0 Å². The van der Waals surface area contributed by atoms with Crippen LogP contribution in [0.5, 0.6) is 0 Å². The maximum Gasteiger partial charge on any atom is 0.114 e. The van der Waals surface area contributed by atoms with E-state index in [1.807, 2.05) is 36.4 Å². The molecule has 1 aliphatic rings. The van der Waals surface area contributed by atoms with E-state index >= 15 is 0 Å². The monoisotopic (exact) mass is 326 g/mol. The second-order valence-electron chi connectivity index (χ2n) is 3.86. The van der Waals surface area contributed by atoms with Crippen molar-refractivity contribution >= 4 is 54.1 Å². The van der Waals surface area contributed by atoms with Crippen molar-refractivity contribution in [1.29, 1.82) is 0 Å². The van der Waals surface area contributed by atoms with Crippen molar-refractivity contribution < 1.29 is 4.21 Å². The van der Waals surface area contributed by atoms with Gasteiger partial charge in [-0.15, -0.1) is 0 Å². The maximum absolute atomic E-state index is 12.2. The molecule has 0 saturated carbocycles. The Morgan fingerprint density at radius 1 is 1.18 bits per heavy atom. The van der Waals surface area contributed by atoms with E-state index in [1.54, 1.807) is 6.08 Å². The first-order valence-electron chi connectivity index (χ1n) is 5.12. The molecule has 1 aliphatic heterocycles. The van der Waals surface area contributed by atoms with E-state index in [0.29, 0.717) is 5.03 Å². The molecule has 0 bridgehead atoms. The molecular weight excluding hydrogens is 320 g/mol. The van der Waals surface area contributed by atoms with Crippen molar-refractivity contribution in [1.82, 2.24) is 0 Å². The number of rotatable bonds is 0. The lowest BCUT2D eigenvalue weighted by Crippen LogP contribution is -2.11. The first kappa shape index (κ1) is 11.5. The predicted molar refractivity (Wildman–Crippen MR) is 76.9 cm³/mol. The van der Waals surface area contributed by atoms with Crippen LogP contribution in [0, 0.1) is 0 Å². The van der Waals surface area contributed by atoms with Crippen LogP contribution in [-0.4, -0.2) is 8.37 Å². The van der Waals surface area contributed by atoms with Crippen LogP contribution in [0.25, 0.3) is 15.8 Å². The second kappa shape index (κ2) is 4.23. The third-order valence-electron chi connectivity index (χ3n) is 2.80. The number of benzene rings is 2. The van der Waals surface area contributed by atoms with E-state index in [1.165, 1.54) is 0 Å². The van der Waals surface area contributed by atoms with Crippen LogP contribution in [0.15, 0.2) is 47.4 Å². The van der Waals surface area contributed by atoms with Crippen LogP contribution < -0.4 is 0 Å². The molecule has 1 nitrogen and oxygen atoms in total. The molecule has 2 aromatic rings. The zero-order valence-electron chi connectivity index (χ0n) is 8.69. The molecule has 0 amide bonds. The topological polar surface area (TPSA) is 17.1 Å². The summed E-state index contributed by atoms with van der Waals surface area (Å²) in [6.45, 7) is 0. The quantitative estimate of drug-likeness (QED) is 0.661. The number of fused-ring (bicyclic) bond motifs is 2. The lowest BCUT2D eigenvalue weighted by atomic mass is 10.1. The lowest BCUT2D eigenvalue weighted by Gasteiger charge is -2.18. The summed E-state index contributed by atoms with van der Waals surface area (Å²) in [6.07, 6.45) is 1.79. The number of hydrogen-bond acceptors (Lipinski definition) is 1. The van der Waals surface area contributed by atoms with Gasteiger partial charge in [0.05, 0.1) is 10.8 Å². The first-order valence-corrected chi connectivity index (χ1v) is 7.62. The molecule has 3 rings (SSSR count). The van der Waals surface area contributed by atoms with Gasteiger partial charge in [-0.2, -0.15) is 0 Å². The highest BCUT2D eigenvalue weighted by Crippen LogP contribution is 2.37. The van der Waals surface area contributed by atoms with Gasteiger partial charge in [0.15, 0.2) is 0 Å². The van der Waals surface area contributed by atoms with Crippen LogP contribution in [0.2, 0.25) is 0 Å². The van der Waals surface area contributed by atoms with Gasteiger partial charge in [-0.3, -0.25) is 4.21 Å². The average molecular weight is 328 g/mol. The predicted octanol–water partition coefficient (Wildman–Crippen LogP) is 4.26. The standard InChI is InChI=1S/C13H8BrClOS/c14-13-7-11(15)10-5-8-3-1-2-4-9(8)6-12(10)17(13)16/h1-7,13H.